The van der Waals surface area contributed by atoms with Gasteiger partial charge < -0.3 is 4.90 Å². The molecule has 1 aromatic carbocycles. The summed E-state index contributed by atoms with van der Waals surface area (Å²) in [5.74, 6) is 0. The van der Waals surface area contributed by atoms with Crippen molar-refractivity contribution in [1.29, 1.82) is 0 Å². The molecule has 0 saturated carbocycles. The van der Waals surface area contributed by atoms with Crippen LogP contribution in [0.5, 0.6) is 0 Å². The van der Waals surface area contributed by atoms with E-state index in [-0.39, 0.29) is 0 Å². The van der Waals surface area contributed by atoms with E-state index in [4.69, 9.17) is 0 Å². The molecule has 0 spiro atoms. The zero-order chi connectivity index (χ0) is 34.2. The molecule has 0 aliphatic carbocycles. The summed E-state index contributed by atoms with van der Waals surface area (Å²) < 4.78 is 2.01. The summed E-state index contributed by atoms with van der Waals surface area (Å²) >= 11 is 0. The van der Waals surface area contributed by atoms with Gasteiger partial charge in [-0.1, -0.05) is 181 Å². The maximum Gasteiger partial charge on any atom is 0.170 e. The van der Waals surface area contributed by atoms with Gasteiger partial charge in [-0.05, 0) is 37.1 Å². The van der Waals surface area contributed by atoms with Crippen molar-refractivity contribution in [1.82, 2.24) is 0 Å². The summed E-state index contributed by atoms with van der Waals surface area (Å²) in [5.41, 5.74) is 3.14. The molecule has 0 bridgehead atoms. The molecular weight excluding hydrogens is 585 g/mol. The first kappa shape index (κ1) is 41.9. The third kappa shape index (κ3) is 23.2. The highest BCUT2D eigenvalue weighted by molar-refractivity contribution is 5.52. The highest BCUT2D eigenvalue weighted by atomic mass is 15.1. The Labute approximate surface area is 298 Å². The van der Waals surface area contributed by atoms with Crippen LogP contribution in [0.1, 0.15) is 194 Å². The van der Waals surface area contributed by atoms with Gasteiger partial charge in [-0.15, -0.1) is 0 Å². The first-order valence-corrected chi connectivity index (χ1v) is 20.9. The van der Waals surface area contributed by atoms with Crippen LogP contribution in [0.25, 0.3) is 0 Å². The number of rotatable bonds is 33. The van der Waals surface area contributed by atoms with Gasteiger partial charge in [0, 0.05) is 30.9 Å². The quantitative estimate of drug-likeness (QED) is 0.0425. The van der Waals surface area contributed by atoms with Crippen LogP contribution in [0.3, 0.4) is 0 Å². The summed E-state index contributed by atoms with van der Waals surface area (Å²) in [6, 6.07) is 12.8. The standard InChI is InChI=1S/C44H77N4/c1-4-6-8-10-12-14-16-18-20-22-24-26-28-30-38-48(39-31-29-27-25-23-21-19-17-15-13-11-9-7-5-2)44-34-32-42(33-35-44)45-46-43-36-40-47(3)41-37-43/h32-37,40-41H,4-31,38-39H2,1-3H3/q+1. The summed E-state index contributed by atoms with van der Waals surface area (Å²) in [7, 11) is 2.02. The molecule has 0 saturated heterocycles. The second-order valence-electron chi connectivity index (χ2n) is 14.6. The number of anilines is 1. The van der Waals surface area contributed by atoms with Gasteiger partial charge in [0.1, 0.15) is 7.05 Å². The van der Waals surface area contributed by atoms with E-state index in [1.807, 2.05) is 36.1 Å². The predicted molar refractivity (Wildman–Crippen MR) is 211 cm³/mol. The Morgan fingerprint density at radius 3 is 1.02 bits per heavy atom. The van der Waals surface area contributed by atoms with E-state index >= 15 is 0 Å². The molecule has 2 aromatic rings. The van der Waals surface area contributed by atoms with E-state index in [1.54, 1.807) is 0 Å². The van der Waals surface area contributed by atoms with Gasteiger partial charge in [0.15, 0.2) is 12.4 Å². The zero-order valence-corrected chi connectivity index (χ0v) is 32.1. The zero-order valence-electron chi connectivity index (χ0n) is 32.1. The molecule has 0 atom stereocenters. The van der Waals surface area contributed by atoms with Crippen molar-refractivity contribution in [2.45, 2.75) is 194 Å². The topological polar surface area (TPSA) is 31.8 Å². The number of azo groups is 1. The molecule has 0 aliphatic heterocycles. The van der Waals surface area contributed by atoms with Crippen LogP contribution < -0.4 is 9.47 Å². The van der Waals surface area contributed by atoms with Gasteiger partial charge in [0.25, 0.3) is 0 Å². The van der Waals surface area contributed by atoms with Gasteiger partial charge in [-0.2, -0.15) is 10.2 Å². The Morgan fingerprint density at radius 2 is 0.688 bits per heavy atom. The number of aryl methyl sites for hydroxylation is 1. The van der Waals surface area contributed by atoms with Gasteiger partial charge >= 0.3 is 0 Å². The maximum absolute atomic E-state index is 4.49. The molecule has 1 aromatic heterocycles. The van der Waals surface area contributed by atoms with Crippen molar-refractivity contribution in [2.24, 2.45) is 17.3 Å². The molecule has 0 amide bonds. The summed E-state index contributed by atoms with van der Waals surface area (Å²) in [6.07, 6.45) is 43.6. The van der Waals surface area contributed by atoms with E-state index < -0.39 is 0 Å². The van der Waals surface area contributed by atoms with E-state index in [0.717, 1.165) is 11.4 Å². The molecule has 0 radical (unpaired) electrons. The molecular formula is C44H77N4+. The minimum absolute atomic E-state index is 0.884. The number of hydrogen-bond donors (Lipinski definition) is 0. The molecule has 1 heterocycles. The number of unbranched alkanes of at least 4 members (excludes halogenated alkanes) is 26. The van der Waals surface area contributed by atoms with Gasteiger partial charge in [0.2, 0.25) is 0 Å². The average Bonchev–Trinajstić information content (AvgIpc) is 3.11. The third-order valence-electron chi connectivity index (χ3n) is 10.0. The lowest BCUT2D eigenvalue weighted by atomic mass is 10.0. The second kappa shape index (κ2) is 30.8. The minimum atomic E-state index is 0.884. The van der Waals surface area contributed by atoms with E-state index in [9.17, 15) is 0 Å². The maximum atomic E-state index is 4.49. The van der Waals surface area contributed by atoms with Crippen LogP contribution in [-0.4, -0.2) is 13.1 Å². The highest BCUT2D eigenvalue weighted by Gasteiger charge is 2.07. The molecule has 2 rings (SSSR count). The largest absolute Gasteiger partial charge is 0.372 e. The molecule has 0 N–H and O–H groups in total. The Balaban J connectivity index is 1.66. The fourth-order valence-electron chi connectivity index (χ4n) is 6.77. The van der Waals surface area contributed by atoms with Crippen molar-refractivity contribution in [3.63, 3.8) is 0 Å². The summed E-state index contributed by atoms with van der Waals surface area (Å²) in [4.78, 5) is 2.64. The number of aromatic nitrogens is 1. The number of nitrogens with zero attached hydrogens (tertiary/aromatic N) is 4. The highest BCUT2D eigenvalue weighted by Crippen LogP contribution is 2.24. The lowest BCUT2D eigenvalue weighted by Gasteiger charge is -2.25. The van der Waals surface area contributed by atoms with Gasteiger partial charge in [-0.25, -0.2) is 4.57 Å². The summed E-state index contributed by atoms with van der Waals surface area (Å²) in [6.45, 7) is 6.94. The van der Waals surface area contributed by atoms with Crippen molar-refractivity contribution >= 4 is 17.1 Å². The molecule has 0 aliphatic rings. The Bertz CT molecular complexity index is 952. The van der Waals surface area contributed by atoms with Crippen molar-refractivity contribution in [3.8, 4) is 0 Å². The fourth-order valence-corrected chi connectivity index (χ4v) is 6.77. The third-order valence-corrected chi connectivity index (χ3v) is 10.0. The van der Waals surface area contributed by atoms with Crippen LogP contribution in [0, 0.1) is 0 Å². The predicted octanol–water partition coefficient (Wildman–Crippen LogP) is 14.7. The SMILES string of the molecule is CCCCCCCCCCCCCCCCN(CCCCCCCCCCCCCCCC)c1ccc(N=Nc2cc[n+](C)cc2)cc1. The van der Waals surface area contributed by atoms with Gasteiger partial charge in [0.05, 0.1) is 11.4 Å². The minimum Gasteiger partial charge on any atom is -0.372 e. The van der Waals surface area contributed by atoms with Crippen molar-refractivity contribution < 1.29 is 4.57 Å². The smallest absolute Gasteiger partial charge is 0.170 e. The molecule has 0 unspecified atom stereocenters. The number of hydrogen-bond acceptors (Lipinski definition) is 3. The lowest BCUT2D eigenvalue weighted by Crippen LogP contribution is -2.25. The van der Waals surface area contributed by atoms with Crippen LogP contribution >= 0.6 is 0 Å². The van der Waals surface area contributed by atoms with Crippen LogP contribution in [0.4, 0.5) is 17.1 Å². The Hall–Kier alpha value is -2.23. The van der Waals surface area contributed by atoms with Crippen molar-refractivity contribution in [2.75, 3.05) is 18.0 Å². The number of benzene rings is 1. The Morgan fingerprint density at radius 1 is 0.396 bits per heavy atom. The molecule has 4 nitrogen and oxygen atoms in total. The molecule has 4 heteroatoms. The van der Waals surface area contributed by atoms with Crippen molar-refractivity contribution in [3.05, 3.63) is 48.8 Å². The van der Waals surface area contributed by atoms with Gasteiger partial charge in [-0.3, -0.25) is 0 Å². The Kier molecular flexibility index (Phi) is 26.9. The van der Waals surface area contributed by atoms with E-state index in [0.29, 0.717) is 0 Å². The normalized spacial score (nSPS) is 11.6. The molecule has 0 fully saturated rings. The van der Waals surface area contributed by atoms with Crippen LogP contribution in [-0.2, 0) is 7.05 Å². The fraction of sp³-hybridized carbons (Fsp3) is 0.750. The first-order chi connectivity index (χ1) is 23.7. The van der Waals surface area contributed by atoms with Crippen LogP contribution in [0.15, 0.2) is 59.0 Å². The molecule has 272 valence electrons. The van der Waals surface area contributed by atoms with E-state index in [2.05, 4.69) is 53.2 Å². The monoisotopic (exact) mass is 662 g/mol. The molecule has 48 heavy (non-hydrogen) atoms. The lowest BCUT2D eigenvalue weighted by molar-refractivity contribution is -0.671. The number of pyridine rings is 1. The van der Waals surface area contributed by atoms with E-state index in [1.165, 1.54) is 199 Å². The second-order valence-corrected chi connectivity index (χ2v) is 14.6. The first-order valence-electron chi connectivity index (χ1n) is 20.9. The van der Waals surface area contributed by atoms with Crippen LogP contribution in [0.2, 0.25) is 0 Å². The average molecular weight is 662 g/mol. The summed E-state index contributed by atoms with van der Waals surface area (Å²) in [5, 5.41) is 8.92.